The van der Waals surface area contributed by atoms with Gasteiger partial charge in [-0.2, -0.15) is 0 Å². The Kier molecular flexibility index (Phi) is 2.99. The minimum absolute atomic E-state index is 0.0760. The third-order valence-electron chi connectivity index (χ3n) is 3.54. The average Bonchev–Trinajstić information content (AvgIpc) is 2.98. The van der Waals surface area contributed by atoms with Crippen molar-refractivity contribution in [2.24, 2.45) is 11.8 Å². The van der Waals surface area contributed by atoms with E-state index in [2.05, 4.69) is 38.1 Å². The molecule has 0 radical (unpaired) electrons. The van der Waals surface area contributed by atoms with Crippen molar-refractivity contribution >= 4 is 5.97 Å². The molecule has 0 aliphatic heterocycles. The highest BCUT2D eigenvalue weighted by molar-refractivity contribution is 5.73. The number of aryl methyl sites for hydroxylation is 1. The highest BCUT2D eigenvalue weighted by Crippen LogP contribution is 2.45. The Bertz CT molecular complexity index is 380. The lowest BCUT2D eigenvalue weighted by atomic mass is 9.94. The van der Waals surface area contributed by atoms with E-state index in [1.807, 2.05) is 0 Å². The first-order chi connectivity index (χ1) is 7.58. The first-order valence-corrected chi connectivity index (χ1v) is 5.87. The molecular formula is C14H18O2. The quantitative estimate of drug-likeness (QED) is 0.842. The van der Waals surface area contributed by atoms with Gasteiger partial charge in [-0.1, -0.05) is 36.8 Å². The van der Waals surface area contributed by atoms with Crippen LogP contribution in [0.4, 0.5) is 0 Å². The molecular weight excluding hydrogens is 200 g/mol. The second-order valence-electron chi connectivity index (χ2n) is 4.99. The Labute approximate surface area is 96.3 Å². The normalized spacial score (nSPS) is 25.1. The lowest BCUT2D eigenvalue weighted by Gasteiger charge is -2.11. The summed E-state index contributed by atoms with van der Waals surface area (Å²) in [5.41, 5.74) is 2.59. The molecule has 3 unspecified atom stereocenters. The summed E-state index contributed by atoms with van der Waals surface area (Å²) in [7, 11) is 0. The highest BCUT2D eigenvalue weighted by atomic mass is 16.4. The van der Waals surface area contributed by atoms with Gasteiger partial charge in [0.2, 0.25) is 0 Å². The van der Waals surface area contributed by atoms with E-state index in [-0.39, 0.29) is 5.92 Å². The molecule has 1 aliphatic carbocycles. The van der Waals surface area contributed by atoms with Crippen molar-refractivity contribution < 1.29 is 9.90 Å². The summed E-state index contributed by atoms with van der Waals surface area (Å²) in [6.45, 7) is 4.26. The molecule has 2 rings (SSSR count). The molecule has 16 heavy (non-hydrogen) atoms. The Morgan fingerprint density at radius 3 is 2.56 bits per heavy atom. The molecule has 0 bridgehead atoms. The maximum absolute atomic E-state index is 10.7. The maximum Gasteiger partial charge on any atom is 0.306 e. The number of carboxylic acid groups (broad SMARTS) is 1. The van der Waals surface area contributed by atoms with E-state index >= 15 is 0 Å². The Morgan fingerprint density at radius 1 is 1.44 bits per heavy atom. The molecule has 0 saturated heterocycles. The predicted molar refractivity (Wildman–Crippen MR) is 63.4 cm³/mol. The molecule has 1 saturated carbocycles. The third-order valence-corrected chi connectivity index (χ3v) is 3.54. The molecule has 1 fully saturated rings. The molecule has 3 atom stereocenters. The zero-order chi connectivity index (χ0) is 11.7. The summed E-state index contributed by atoms with van der Waals surface area (Å²) in [5, 5.41) is 8.84. The van der Waals surface area contributed by atoms with E-state index in [0.29, 0.717) is 11.8 Å². The van der Waals surface area contributed by atoms with Crippen molar-refractivity contribution in [3.8, 4) is 0 Å². The number of aliphatic carboxylic acids is 1. The van der Waals surface area contributed by atoms with Crippen LogP contribution in [0.5, 0.6) is 0 Å². The monoisotopic (exact) mass is 218 g/mol. The Balaban J connectivity index is 1.92. The van der Waals surface area contributed by atoms with Gasteiger partial charge in [0.15, 0.2) is 0 Å². The van der Waals surface area contributed by atoms with E-state index in [0.717, 1.165) is 12.8 Å². The zero-order valence-electron chi connectivity index (χ0n) is 9.81. The van der Waals surface area contributed by atoms with E-state index < -0.39 is 5.97 Å². The number of carbonyl (C=O) groups is 1. The van der Waals surface area contributed by atoms with Gasteiger partial charge in [-0.15, -0.1) is 0 Å². The molecule has 1 N–H and O–H groups in total. The lowest BCUT2D eigenvalue weighted by Crippen LogP contribution is -2.02. The summed E-state index contributed by atoms with van der Waals surface area (Å²) in [6, 6.07) is 8.54. The fourth-order valence-corrected chi connectivity index (χ4v) is 2.30. The van der Waals surface area contributed by atoms with Crippen molar-refractivity contribution in [2.75, 3.05) is 0 Å². The first kappa shape index (κ1) is 11.2. The number of hydrogen-bond acceptors (Lipinski definition) is 1. The molecule has 1 aromatic carbocycles. The van der Waals surface area contributed by atoms with Crippen LogP contribution in [0.2, 0.25) is 0 Å². The van der Waals surface area contributed by atoms with Crippen LogP contribution >= 0.6 is 0 Å². The van der Waals surface area contributed by atoms with Crippen LogP contribution in [0.25, 0.3) is 0 Å². The van der Waals surface area contributed by atoms with Crippen LogP contribution in [0.1, 0.15) is 36.8 Å². The SMILES string of the molecule is Cc1ccc(C(C)CC2CC2C(=O)O)cc1. The van der Waals surface area contributed by atoms with Gasteiger partial charge >= 0.3 is 5.97 Å². The Hall–Kier alpha value is -1.31. The molecule has 0 amide bonds. The van der Waals surface area contributed by atoms with Crippen molar-refractivity contribution in [3.05, 3.63) is 35.4 Å². The molecule has 86 valence electrons. The van der Waals surface area contributed by atoms with Gasteiger partial charge in [0.1, 0.15) is 0 Å². The molecule has 2 nitrogen and oxygen atoms in total. The molecule has 0 spiro atoms. The predicted octanol–water partition coefficient (Wildman–Crippen LogP) is 3.21. The van der Waals surface area contributed by atoms with E-state index in [9.17, 15) is 4.79 Å². The van der Waals surface area contributed by atoms with E-state index in [1.54, 1.807) is 0 Å². The van der Waals surface area contributed by atoms with Gasteiger partial charge in [-0.3, -0.25) is 4.79 Å². The summed E-state index contributed by atoms with van der Waals surface area (Å²) in [6.07, 6.45) is 1.87. The Morgan fingerprint density at radius 2 is 2.06 bits per heavy atom. The van der Waals surface area contributed by atoms with Gasteiger partial charge in [0.25, 0.3) is 0 Å². The first-order valence-electron chi connectivity index (χ1n) is 5.87. The van der Waals surface area contributed by atoms with Crippen LogP contribution in [-0.2, 0) is 4.79 Å². The number of benzene rings is 1. The topological polar surface area (TPSA) is 37.3 Å². The summed E-state index contributed by atoms with van der Waals surface area (Å²) >= 11 is 0. The van der Waals surface area contributed by atoms with Crippen molar-refractivity contribution in [3.63, 3.8) is 0 Å². The fraction of sp³-hybridized carbons (Fsp3) is 0.500. The largest absolute Gasteiger partial charge is 0.481 e. The van der Waals surface area contributed by atoms with Gasteiger partial charge in [-0.05, 0) is 37.2 Å². The second-order valence-corrected chi connectivity index (χ2v) is 4.99. The van der Waals surface area contributed by atoms with Gasteiger partial charge in [0.05, 0.1) is 5.92 Å². The van der Waals surface area contributed by atoms with Crippen LogP contribution in [-0.4, -0.2) is 11.1 Å². The molecule has 0 heterocycles. The standard InChI is InChI=1S/C14H18O2/c1-9-3-5-11(6-4-9)10(2)7-12-8-13(12)14(15)16/h3-6,10,12-13H,7-8H2,1-2H3,(H,15,16). The van der Waals surface area contributed by atoms with Crippen LogP contribution in [0.3, 0.4) is 0 Å². The van der Waals surface area contributed by atoms with E-state index in [1.165, 1.54) is 11.1 Å². The molecule has 1 aromatic rings. The molecule has 0 aromatic heterocycles. The van der Waals surface area contributed by atoms with Crippen molar-refractivity contribution in [2.45, 2.75) is 32.6 Å². The highest BCUT2D eigenvalue weighted by Gasteiger charge is 2.43. The van der Waals surface area contributed by atoms with Crippen molar-refractivity contribution in [1.82, 2.24) is 0 Å². The smallest absolute Gasteiger partial charge is 0.306 e. The second kappa shape index (κ2) is 4.28. The third kappa shape index (κ3) is 2.43. The summed E-state index contributed by atoms with van der Waals surface area (Å²) in [5.74, 6) is 0.165. The van der Waals surface area contributed by atoms with Gasteiger partial charge < -0.3 is 5.11 Å². The molecule has 2 heteroatoms. The van der Waals surface area contributed by atoms with Crippen molar-refractivity contribution in [1.29, 1.82) is 0 Å². The lowest BCUT2D eigenvalue weighted by molar-refractivity contribution is -0.138. The minimum atomic E-state index is -0.624. The summed E-state index contributed by atoms with van der Waals surface area (Å²) in [4.78, 5) is 10.7. The number of hydrogen-bond donors (Lipinski definition) is 1. The van der Waals surface area contributed by atoms with Crippen LogP contribution in [0, 0.1) is 18.8 Å². The van der Waals surface area contributed by atoms with Gasteiger partial charge in [0, 0.05) is 0 Å². The number of carboxylic acids is 1. The minimum Gasteiger partial charge on any atom is -0.481 e. The van der Waals surface area contributed by atoms with Crippen LogP contribution < -0.4 is 0 Å². The van der Waals surface area contributed by atoms with Crippen LogP contribution in [0.15, 0.2) is 24.3 Å². The summed E-state index contributed by atoms with van der Waals surface area (Å²) < 4.78 is 0. The van der Waals surface area contributed by atoms with Gasteiger partial charge in [-0.25, -0.2) is 0 Å². The number of rotatable bonds is 4. The fourth-order valence-electron chi connectivity index (χ4n) is 2.30. The maximum atomic E-state index is 10.7. The zero-order valence-corrected chi connectivity index (χ0v) is 9.81. The average molecular weight is 218 g/mol. The van der Waals surface area contributed by atoms with E-state index in [4.69, 9.17) is 5.11 Å². The molecule has 1 aliphatic rings.